The number of rotatable bonds is 5. The third-order valence-electron chi connectivity index (χ3n) is 4.12. The van der Waals surface area contributed by atoms with Crippen LogP contribution in [0.15, 0.2) is 42.6 Å². The van der Waals surface area contributed by atoms with Gasteiger partial charge in [-0.25, -0.2) is 14.3 Å². The van der Waals surface area contributed by atoms with Gasteiger partial charge in [0.1, 0.15) is 5.82 Å². The first-order valence-electron chi connectivity index (χ1n) is 8.08. The van der Waals surface area contributed by atoms with Crippen molar-refractivity contribution in [3.8, 4) is 11.3 Å². The first kappa shape index (κ1) is 15.7. The van der Waals surface area contributed by atoms with Gasteiger partial charge in [-0.3, -0.25) is 0 Å². The lowest BCUT2D eigenvalue weighted by atomic mass is 10.2. The molecular formula is C17H17ClN6O. The largest absolute Gasteiger partial charge is 0.367 e. The van der Waals surface area contributed by atoms with Crippen LogP contribution < -0.4 is 10.6 Å². The normalized spacial score (nSPS) is 14.1. The van der Waals surface area contributed by atoms with Crippen LogP contribution in [0.1, 0.15) is 0 Å². The Bertz CT molecular complexity index is 924. The Kier molecular flexibility index (Phi) is 4.15. The highest BCUT2D eigenvalue weighted by Gasteiger charge is 2.18. The van der Waals surface area contributed by atoms with E-state index in [9.17, 15) is 4.79 Å². The second-order valence-electron chi connectivity index (χ2n) is 5.79. The molecule has 1 aromatic carbocycles. The molecule has 0 bridgehead atoms. The number of hydrogen-bond donors (Lipinski definition) is 2. The monoisotopic (exact) mass is 356 g/mol. The summed E-state index contributed by atoms with van der Waals surface area (Å²) in [6.07, 6.45) is 1.78. The maximum atomic E-state index is 11.5. The molecule has 3 aromatic rings. The molecule has 3 heterocycles. The maximum Gasteiger partial charge on any atom is 0.317 e. The standard InChI is InChI=1S/C17H17ClN6O/c18-13-3-1-2-12(10-13)14-11-21-16-5-4-15(22-24(14)16)19-6-8-23-9-7-20-17(23)25/h1-5,10-11H,6-9H2,(H,19,22)(H,20,25). The van der Waals surface area contributed by atoms with Gasteiger partial charge in [0, 0.05) is 36.8 Å². The Labute approximate surface area is 149 Å². The van der Waals surface area contributed by atoms with Gasteiger partial charge in [0.15, 0.2) is 5.65 Å². The van der Waals surface area contributed by atoms with Crippen molar-refractivity contribution in [2.45, 2.75) is 0 Å². The van der Waals surface area contributed by atoms with E-state index in [4.69, 9.17) is 11.6 Å². The quantitative estimate of drug-likeness (QED) is 0.736. The summed E-state index contributed by atoms with van der Waals surface area (Å²) in [6.45, 7) is 2.72. The number of carbonyl (C=O) groups is 1. The summed E-state index contributed by atoms with van der Waals surface area (Å²) in [5, 5.41) is 11.3. The predicted octanol–water partition coefficient (Wildman–Crippen LogP) is 2.49. The van der Waals surface area contributed by atoms with Gasteiger partial charge in [-0.1, -0.05) is 23.7 Å². The Balaban J connectivity index is 1.53. The number of aromatic nitrogens is 3. The maximum absolute atomic E-state index is 11.5. The molecule has 0 unspecified atom stereocenters. The van der Waals surface area contributed by atoms with Crippen molar-refractivity contribution < 1.29 is 4.79 Å². The summed E-state index contributed by atoms with van der Waals surface area (Å²) in [6, 6.07) is 11.4. The summed E-state index contributed by atoms with van der Waals surface area (Å²) < 4.78 is 1.79. The number of fused-ring (bicyclic) bond motifs is 1. The van der Waals surface area contributed by atoms with Crippen LogP contribution in [0, 0.1) is 0 Å². The van der Waals surface area contributed by atoms with E-state index in [1.54, 1.807) is 15.6 Å². The van der Waals surface area contributed by atoms with E-state index in [0.29, 0.717) is 24.7 Å². The van der Waals surface area contributed by atoms with Crippen molar-refractivity contribution in [2.75, 3.05) is 31.5 Å². The summed E-state index contributed by atoms with van der Waals surface area (Å²) in [5.74, 6) is 0.730. The number of hydrogen-bond acceptors (Lipinski definition) is 4. The number of carbonyl (C=O) groups excluding carboxylic acids is 1. The molecule has 8 heteroatoms. The first-order chi connectivity index (χ1) is 12.2. The van der Waals surface area contributed by atoms with Crippen LogP contribution in [-0.4, -0.2) is 51.7 Å². The van der Waals surface area contributed by atoms with Gasteiger partial charge >= 0.3 is 6.03 Å². The third-order valence-corrected chi connectivity index (χ3v) is 4.35. The smallest absolute Gasteiger partial charge is 0.317 e. The molecule has 1 fully saturated rings. The molecule has 1 aliphatic heterocycles. The van der Waals surface area contributed by atoms with Crippen molar-refractivity contribution in [3.05, 3.63) is 47.6 Å². The number of nitrogens with zero attached hydrogens (tertiary/aromatic N) is 4. The number of urea groups is 1. The molecule has 128 valence electrons. The van der Waals surface area contributed by atoms with E-state index in [-0.39, 0.29) is 6.03 Å². The highest BCUT2D eigenvalue weighted by atomic mass is 35.5. The Morgan fingerprint density at radius 3 is 3.00 bits per heavy atom. The molecule has 4 rings (SSSR count). The van der Waals surface area contributed by atoms with E-state index in [2.05, 4.69) is 20.7 Å². The lowest BCUT2D eigenvalue weighted by molar-refractivity contribution is 0.219. The van der Waals surface area contributed by atoms with E-state index < -0.39 is 0 Å². The number of halogens is 1. The highest BCUT2D eigenvalue weighted by molar-refractivity contribution is 6.30. The number of anilines is 1. The van der Waals surface area contributed by atoms with Gasteiger partial charge in [-0.05, 0) is 24.3 Å². The van der Waals surface area contributed by atoms with Crippen molar-refractivity contribution >= 4 is 29.1 Å². The van der Waals surface area contributed by atoms with Crippen molar-refractivity contribution in [1.82, 2.24) is 24.8 Å². The SMILES string of the molecule is O=C1NCCN1CCNc1ccc2ncc(-c3cccc(Cl)c3)n2n1. The molecule has 1 aliphatic rings. The Hall–Kier alpha value is -2.80. The minimum Gasteiger partial charge on any atom is -0.367 e. The fraction of sp³-hybridized carbons (Fsp3) is 0.235. The number of nitrogens with one attached hydrogen (secondary N) is 2. The van der Waals surface area contributed by atoms with Crippen LogP contribution in [0.25, 0.3) is 16.9 Å². The number of imidazole rings is 1. The molecule has 7 nitrogen and oxygen atoms in total. The van der Waals surface area contributed by atoms with Crippen LogP contribution in [0.3, 0.4) is 0 Å². The van der Waals surface area contributed by atoms with E-state index in [1.165, 1.54) is 0 Å². The molecule has 2 N–H and O–H groups in total. The van der Waals surface area contributed by atoms with E-state index in [0.717, 1.165) is 29.3 Å². The Morgan fingerprint density at radius 2 is 2.20 bits per heavy atom. The Morgan fingerprint density at radius 1 is 1.28 bits per heavy atom. The molecule has 0 radical (unpaired) electrons. The number of benzene rings is 1. The summed E-state index contributed by atoms with van der Waals surface area (Å²) in [5.41, 5.74) is 2.60. The molecule has 25 heavy (non-hydrogen) atoms. The van der Waals surface area contributed by atoms with Crippen LogP contribution in [0.5, 0.6) is 0 Å². The van der Waals surface area contributed by atoms with Crippen molar-refractivity contribution in [3.63, 3.8) is 0 Å². The second-order valence-corrected chi connectivity index (χ2v) is 6.22. The third kappa shape index (κ3) is 3.23. The van der Waals surface area contributed by atoms with Crippen LogP contribution in [-0.2, 0) is 0 Å². The summed E-state index contributed by atoms with van der Waals surface area (Å²) in [4.78, 5) is 17.7. The first-order valence-corrected chi connectivity index (χ1v) is 8.46. The zero-order valence-electron chi connectivity index (χ0n) is 13.4. The van der Waals surface area contributed by atoms with Gasteiger partial charge in [0.05, 0.1) is 11.9 Å². The van der Waals surface area contributed by atoms with Gasteiger partial charge in [-0.15, -0.1) is 5.10 Å². The zero-order valence-corrected chi connectivity index (χ0v) is 14.2. The lowest BCUT2D eigenvalue weighted by Gasteiger charge is -2.14. The zero-order chi connectivity index (χ0) is 17.2. The minimum atomic E-state index is -0.0111. The lowest BCUT2D eigenvalue weighted by Crippen LogP contribution is -2.32. The molecular weight excluding hydrogens is 340 g/mol. The van der Waals surface area contributed by atoms with Crippen molar-refractivity contribution in [1.29, 1.82) is 0 Å². The van der Waals surface area contributed by atoms with Gasteiger partial charge < -0.3 is 15.5 Å². The highest BCUT2D eigenvalue weighted by Crippen LogP contribution is 2.23. The molecule has 0 spiro atoms. The van der Waals surface area contributed by atoms with E-state index in [1.807, 2.05) is 36.4 Å². The second kappa shape index (κ2) is 6.60. The van der Waals surface area contributed by atoms with Gasteiger partial charge in [-0.2, -0.15) is 0 Å². The topological polar surface area (TPSA) is 74.6 Å². The fourth-order valence-electron chi connectivity index (χ4n) is 2.86. The molecule has 2 aromatic heterocycles. The summed E-state index contributed by atoms with van der Waals surface area (Å²) >= 11 is 6.09. The van der Waals surface area contributed by atoms with Crippen LogP contribution in [0.4, 0.5) is 10.6 Å². The molecule has 0 saturated carbocycles. The molecule has 0 atom stereocenters. The summed E-state index contributed by atoms with van der Waals surface area (Å²) in [7, 11) is 0. The predicted molar refractivity (Wildman–Crippen MR) is 96.9 cm³/mol. The van der Waals surface area contributed by atoms with Crippen molar-refractivity contribution in [2.24, 2.45) is 0 Å². The van der Waals surface area contributed by atoms with Gasteiger partial charge in [0.2, 0.25) is 0 Å². The van der Waals surface area contributed by atoms with Gasteiger partial charge in [0.25, 0.3) is 0 Å². The average Bonchev–Trinajstić information content (AvgIpc) is 3.21. The van der Waals surface area contributed by atoms with Crippen LogP contribution >= 0.6 is 11.6 Å². The van der Waals surface area contributed by atoms with E-state index >= 15 is 0 Å². The molecule has 2 amide bonds. The number of amides is 2. The molecule has 1 saturated heterocycles. The molecule has 0 aliphatic carbocycles. The minimum absolute atomic E-state index is 0.0111. The van der Waals surface area contributed by atoms with Crippen LogP contribution in [0.2, 0.25) is 5.02 Å². The fourth-order valence-corrected chi connectivity index (χ4v) is 3.05. The average molecular weight is 357 g/mol.